The molecule has 0 unspecified atom stereocenters. The van der Waals surface area contributed by atoms with Crippen LogP contribution >= 0.6 is 11.8 Å². The Morgan fingerprint density at radius 3 is 2.74 bits per heavy atom. The highest BCUT2D eigenvalue weighted by atomic mass is 32.2. The number of hydrogen-bond acceptors (Lipinski definition) is 7. The number of esters is 1. The van der Waals surface area contributed by atoms with E-state index in [0.29, 0.717) is 16.3 Å². The van der Waals surface area contributed by atoms with Gasteiger partial charge in [0.1, 0.15) is 18.0 Å². The van der Waals surface area contributed by atoms with Gasteiger partial charge in [-0.15, -0.1) is 0 Å². The van der Waals surface area contributed by atoms with Crippen molar-refractivity contribution >= 4 is 17.7 Å². The SMILES string of the molecule is COC(=O)c1ccc(C)c(-c2c(OCc3ccc(F)cc3C#N)nc(SC)[nH]c2=O)c1. The topological polar surface area (TPSA) is 105 Å². The molecule has 0 aliphatic rings. The first-order valence-corrected chi connectivity index (χ1v) is 10.3. The van der Waals surface area contributed by atoms with Crippen molar-refractivity contribution < 1.29 is 18.7 Å². The highest BCUT2D eigenvalue weighted by Gasteiger charge is 2.19. The van der Waals surface area contributed by atoms with E-state index in [4.69, 9.17) is 9.47 Å². The Kier molecular flexibility index (Phi) is 6.72. The number of benzene rings is 2. The first-order chi connectivity index (χ1) is 14.9. The van der Waals surface area contributed by atoms with Crippen molar-refractivity contribution in [3.63, 3.8) is 0 Å². The number of nitrogens with zero attached hydrogens (tertiary/aromatic N) is 2. The Hall–Kier alpha value is -3.64. The van der Waals surface area contributed by atoms with Crippen molar-refractivity contribution in [2.24, 2.45) is 0 Å². The lowest BCUT2D eigenvalue weighted by Crippen LogP contribution is -2.16. The van der Waals surface area contributed by atoms with Crippen molar-refractivity contribution in [1.82, 2.24) is 9.97 Å². The van der Waals surface area contributed by atoms with E-state index in [-0.39, 0.29) is 29.2 Å². The minimum atomic E-state index is -0.543. The van der Waals surface area contributed by atoms with Gasteiger partial charge in [-0.3, -0.25) is 4.79 Å². The molecule has 7 nitrogen and oxygen atoms in total. The summed E-state index contributed by atoms with van der Waals surface area (Å²) in [4.78, 5) is 31.9. The van der Waals surface area contributed by atoms with Gasteiger partial charge in [0.15, 0.2) is 5.16 Å². The van der Waals surface area contributed by atoms with Crippen LogP contribution in [0.1, 0.15) is 27.0 Å². The molecule has 0 fully saturated rings. The standard InChI is InChI=1S/C22H18FN3O4S/c1-12-4-5-13(21(28)29-2)9-17(12)18-19(27)25-22(31-3)26-20(18)30-11-14-6-7-16(23)8-15(14)10-24/h4-9H,11H2,1-3H3,(H,25,26,27). The molecule has 2 aromatic carbocycles. The number of aromatic amines is 1. The summed E-state index contributed by atoms with van der Waals surface area (Å²) in [6.07, 6.45) is 1.75. The van der Waals surface area contributed by atoms with Crippen LogP contribution in [-0.4, -0.2) is 29.3 Å². The summed E-state index contributed by atoms with van der Waals surface area (Å²) in [5, 5.41) is 9.59. The van der Waals surface area contributed by atoms with Crippen LogP contribution in [0.4, 0.5) is 4.39 Å². The molecule has 31 heavy (non-hydrogen) atoms. The van der Waals surface area contributed by atoms with E-state index in [1.165, 1.54) is 37.1 Å². The summed E-state index contributed by atoms with van der Waals surface area (Å²) in [6.45, 7) is 1.69. The van der Waals surface area contributed by atoms with E-state index < -0.39 is 17.3 Å². The van der Waals surface area contributed by atoms with Crippen LogP contribution in [0, 0.1) is 24.1 Å². The summed E-state index contributed by atoms with van der Waals surface area (Å²) in [6, 6.07) is 10.5. The van der Waals surface area contributed by atoms with Gasteiger partial charge >= 0.3 is 5.97 Å². The lowest BCUT2D eigenvalue weighted by Gasteiger charge is -2.14. The molecule has 0 amide bonds. The Bertz CT molecular complexity index is 1250. The van der Waals surface area contributed by atoms with Crippen LogP contribution in [0.25, 0.3) is 11.1 Å². The molecule has 9 heteroatoms. The van der Waals surface area contributed by atoms with Crippen molar-refractivity contribution in [1.29, 1.82) is 5.26 Å². The molecule has 0 spiro atoms. The second-order valence-electron chi connectivity index (χ2n) is 6.48. The summed E-state index contributed by atoms with van der Waals surface area (Å²) in [7, 11) is 1.27. The smallest absolute Gasteiger partial charge is 0.337 e. The number of nitrogens with one attached hydrogen (secondary N) is 1. The molecule has 0 saturated carbocycles. The molecule has 0 aliphatic heterocycles. The average molecular weight is 439 g/mol. The normalized spacial score (nSPS) is 10.4. The summed E-state index contributed by atoms with van der Waals surface area (Å²) in [5.41, 5.74) is 1.72. The summed E-state index contributed by atoms with van der Waals surface area (Å²) >= 11 is 1.23. The fourth-order valence-electron chi connectivity index (χ4n) is 2.93. The predicted molar refractivity (Wildman–Crippen MR) is 114 cm³/mol. The fraction of sp³-hybridized carbons (Fsp3) is 0.182. The monoisotopic (exact) mass is 439 g/mol. The summed E-state index contributed by atoms with van der Waals surface area (Å²) < 4.78 is 24.0. The minimum Gasteiger partial charge on any atom is -0.472 e. The first kappa shape index (κ1) is 22.1. The summed E-state index contributed by atoms with van der Waals surface area (Å²) in [5.74, 6) is -1.04. The molecule has 0 aliphatic carbocycles. The van der Waals surface area contributed by atoms with Crippen LogP contribution in [0.15, 0.2) is 46.3 Å². The number of ether oxygens (including phenoxy) is 2. The van der Waals surface area contributed by atoms with Gasteiger partial charge in [-0.05, 0) is 48.6 Å². The van der Waals surface area contributed by atoms with Crippen molar-refractivity contribution in [2.45, 2.75) is 18.7 Å². The third kappa shape index (κ3) is 4.75. The number of thioether (sulfide) groups is 1. The van der Waals surface area contributed by atoms with Gasteiger partial charge in [-0.2, -0.15) is 10.2 Å². The average Bonchev–Trinajstić information content (AvgIpc) is 2.77. The maximum Gasteiger partial charge on any atom is 0.337 e. The van der Waals surface area contributed by atoms with E-state index in [2.05, 4.69) is 9.97 Å². The van der Waals surface area contributed by atoms with Gasteiger partial charge in [0.05, 0.1) is 24.3 Å². The van der Waals surface area contributed by atoms with Crippen LogP contribution in [0.5, 0.6) is 5.88 Å². The van der Waals surface area contributed by atoms with E-state index in [0.717, 1.165) is 11.6 Å². The molecule has 1 heterocycles. The molecular weight excluding hydrogens is 421 g/mol. The lowest BCUT2D eigenvalue weighted by molar-refractivity contribution is 0.0600. The minimum absolute atomic E-state index is 0.0337. The van der Waals surface area contributed by atoms with E-state index >= 15 is 0 Å². The Balaban J connectivity index is 2.10. The second kappa shape index (κ2) is 9.45. The van der Waals surface area contributed by atoms with E-state index in [1.807, 2.05) is 6.07 Å². The van der Waals surface area contributed by atoms with Crippen molar-refractivity contribution in [3.8, 4) is 23.1 Å². The predicted octanol–water partition coefficient (Wildman–Crippen LogP) is 3.84. The number of aryl methyl sites for hydroxylation is 1. The zero-order chi connectivity index (χ0) is 22.5. The van der Waals surface area contributed by atoms with Gasteiger partial charge in [0, 0.05) is 5.56 Å². The molecular formula is C22H18FN3O4S. The number of methoxy groups -OCH3 is 1. The molecule has 0 saturated heterocycles. The van der Waals surface area contributed by atoms with E-state index in [9.17, 15) is 19.2 Å². The van der Waals surface area contributed by atoms with Gasteiger partial charge in [-0.25, -0.2) is 9.18 Å². The van der Waals surface area contributed by atoms with Crippen LogP contribution < -0.4 is 10.3 Å². The maximum atomic E-state index is 13.4. The lowest BCUT2D eigenvalue weighted by atomic mass is 9.99. The number of nitriles is 1. The number of carbonyl (C=O) groups is 1. The Morgan fingerprint density at radius 2 is 2.06 bits per heavy atom. The maximum absolute atomic E-state index is 13.4. The van der Waals surface area contributed by atoms with Gasteiger partial charge < -0.3 is 14.5 Å². The molecule has 1 aromatic heterocycles. The molecule has 3 aromatic rings. The zero-order valence-corrected chi connectivity index (χ0v) is 17.8. The highest BCUT2D eigenvalue weighted by molar-refractivity contribution is 7.98. The number of rotatable bonds is 6. The molecule has 0 bridgehead atoms. The fourth-order valence-corrected chi connectivity index (χ4v) is 3.30. The zero-order valence-electron chi connectivity index (χ0n) is 17.0. The number of halogens is 1. The van der Waals surface area contributed by atoms with Crippen LogP contribution in [-0.2, 0) is 11.3 Å². The molecule has 0 atom stereocenters. The molecule has 0 radical (unpaired) electrons. The number of hydrogen-bond donors (Lipinski definition) is 1. The Labute approximate surface area is 181 Å². The quantitative estimate of drug-likeness (QED) is 0.353. The molecule has 158 valence electrons. The van der Waals surface area contributed by atoms with Crippen LogP contribution in [0.2, 0.25) is 0 Å². The highest BCUT2D eigenvalue weighted by Crippen LogP contribution is 2.30. The van der Waals surface area contributed by atoms with Gasteiger partial charge in [0.25, 0.3) is 5.56 Å². The first-order valence-electron chi connectivity index (χ1n) is 9.07. The molecule has 3 rings (SSSR count). The van der Waals surface area contributed by atoms with Crippen molar-refractivity contribution in [2.75, 3.05) is 13.4 Å². The van der Waals surface area contributed by atoms with Crippen LogP contribution in [0.3, 0.4) is 0 Å². The van der Waals surface area contributed by atoms with Crippen molar-refractivity contribution in [3.05, 3.63) is 74.8 Å². The van der Waals surface area contributed by atoms with Gasteiger partial charge in [-0.1, -0.05) is 23.9 Å². The molecule has 1 N–H and O–H groups in total. The van der Waals surface area contributed by atoms with E-state index in [1.54, 1.807) is 25.3 Å². The van der Waals surface area contributed by atoms with Gasteiger partial charge in [0.2, 0.25) is 5.88 Å². The number of carbonyl (C=O) groups excluding carboxylic acids is 1. The number of H-pyrrole nitrogens is 1. The third-order valence-electron chi connectivity index (χ3n) is 4.54. The Morgan fingerprint density at radius 1 is 1.29 bits per heavy atom. The third-order valence-corrected chi connectivity index (χ3v) is 5.12. The second-order valence-corrected chi connectivity index (χ2v) is 7.27. The largest absolute Gasteiger partial charge is 0.472 e. The number of aromatic nitrogens is 2.